The Hall–Kier alpha value is -1.15. The van der Waals surface area contributed by atoms with Gasteiger partial charge in [0.25, 0.3) is 0 Å². The molecule has 1 aromatic rings. The van der Waals surface area contributed by atoms with Crippen LogP contribution in [0, 0.1) is 5.82 Å². The maximum atomic E-state index is 13.4. The molecular weight excluding hydrogens is 179 g/mol. The smallest absolute Gasteiger partial charge is 0.129 e. The van der Waals surface area contributed by atoms with E-state index in [2.05, 4.69) is 6.58 Å². The van der Waals surface area contributed by atoms with Crippen molar-refractivity contribution in [1.29, 1.82) is 0 Å². The SMILES string of the molecule is C=C(C)C(O)(CC)c1ccccc1F. The predicted octanol–water partition coefficient (Wildman–Crippen LogP) is 3.00. The Balaban J connectivity index is 3.26. The van der Waals surface area contributed by atoms with Crippen molar-refractivity contribution < 1.29 is 9.50 Å². The van der Waals surface area contributed by atoms with Crippen molar-refractivity contribution in [2.75, 3.05) is 0 Å². The number of halogens is 1. The topological polar surface area (TPSA) is 20.2 Å². The number of benzene rings is 1. The zero-order valence-corrected chi connectivity index (χ0v) is 8.55. The molecule has 0 bridgehead atoms. The fourth-order valence-electron chi connectivity index (χ4n) is 1.52. The van der Waals surface area contributed by atoms with Crippen LogP contribution in [0.3, 0.4) is 0 Å². The van der Waals surface area contributed by atoms with Crippen LogP contribution >= 0.6 is 0 Å². The molecule has 1 aromatic carbocycles. The molecule has 0 aliphatic heterocycles. The predicted molar refractivity (Wildman–Crippen MR) is 55.4 cm³/mol. The van der Waals surface area contributed by atoms with Crippen molar-refractivity contribution in [2.45, 2.75) is 25.9 Å². The normalized spacial score (nSPS) is 14.9. The monoisotopic (exact) mass is 194 g/mol. The minimum Gasteiger partial charge on any atom is -0.381 e. The Bertz CT molecular complexity index is 346. The summed E-state index contributed by atoms with van der Waals surface area (Å²) in [6.45, 7) is 7.21. The highest BCUT2D eigenvalue weighted by Crippen LogP contribution is 2.32. The van der Waals surface area contributed by atoms with Crippen LogP contribution < -0.4 is 0 Å². The van der Waals surface area contributed by atoms with E-state index in [1.165, 1.54) is 6.07 Å². The lowest BCUT2D eigenvalue weighted by Crippen LogP contribution is -2.26. The van der Waals surface area contributed by atoms with E-state index in [4.69, 9.17) is 0 Å². The molecule has 1 atom stereocenters. The lowest BCUT2D eigenvalue weighted by Gasteiger charge is -2.28. The standard InChI is InChI=1S/C12H15FO/c1-4-12(14,9(2)3)10-7-5-6-8-11(10)13/h5-8,14H,2,4H2,1,3H3. The molecule has 0 saturated heterocycles. The van der Waals surface area contributed by atoms with Gasteiger partial charge in [0, 0.05) is 5.56 Å². The zero-order chi connectivity index (χ0) is 10.8. The van der Waals surface area contributed by atoms with Gasteiger partial charge in [-0.15, -0.1) is 0 Å². The van der Waals surface area contributed by atoms with Gasteiger partial charge >= 0.3 is 0 Å². The second-order valence-electron chi connectivity index (χ2n) is 3.47. The summed E-state index contributed by atoms with van der Waals surface area (Å²) >= 11 is 0. The van der Waals surface area contributed by atoms with Gasteiger partial charge < -0.3 is 5.11 Å². The van der Waals surface area contributed by atoms with Gasteiger partial charge in [-0.25, -0.2) is 4.39 Å². The van der Waals surface area contributed by atoms with Crippen molar-refractivity contribution in [2.24, 2.45) is 0 Å². The summed E-state index contributed by atoms with van der Waals surface area (Å²) < 4.78 is 13.4. The molecular formula is C12H15FO. The summed E-state index contributed by atoms with van der Waals surface area (Å²) in [5.74, 6) is -0.389. The summed E-state index contributed by atoms with van der Waals surface area (Å²) in [4.78, 5) is 0. The molecule has 0 aromatic heterocycles. The highest BCUT2D eigenvalue weighted by molar-refractivity contribution is 5.31. The molecule has 0 radical (unpaired) electrons. The second-order valence-corrected chi connectivity index (χ2v) is 3.47. The molecule has 0 fully saturated rings. The van der Waals surface area contributed by atoms with E-state index in [9.17, 15) is 9.50 Å². The molecule has 1 rings (SSSR count). The maximum absolute atomic E-state index is 13.4. The van der Waals surface area contributed by atoms with Crippen LogP contribution in [0.4, 0.5) is 4.39 Å². The van der Waals surface area contributed by atoms with Gasteiger partial charge in [0.2, 0.25) is 0 Å². The minimum absolute atomic E-state index is 0.301. The molecule has 2 heteroatoms. The number of hydrogen-bond acceptors (Lipinski definition) is 1. The van der Waals surface area contributed by atoms with E-state index in [-0.39, 0.29) is 5.82 Å². The average molecular weight is 194 g/mol. The van der Waals surface area contributed by atoms with Crippen molar-refractivity contribution in [3.8, 4) is 0 Å². The van der Waals surface area contributed by atoms with E-state index in [1.807, 2.05) is 0 Å². The first-order chi connectivity index (χ1) is 6.52. The fraction of sp³-hybridized carbons (Fsp3) is 0.333. The van der Waals surface area contributed by atoms with Crippen LogP contribution in [0.1, 0.15) is 25.8 Å². The van der Waals surface area contributed by atoms with E-state index in [0.717, 1.165) is 0 Å². The molecule has 76 valence electrons. The van der Waals surface area contributed by atoms with Gasteiger partial charge in [-0.3, -0.25) is 0 Å². The van der Waals surface area contributed by atoms with Crippen molar-refractivity contribution in [1.82, 2.24) is 0 Å². The molecule has 14 heavy (non-hydrogen) atoms. The molecule has 1 N–H and O–H groups in total. The molecule has 0 saturated carbocycles. The highest BCUT2D eigenvalue weighted by atomic mass is 19.1. The maximum Gasteiger partial charge on any atom is 0.129 e. The Morgan fingerprint density at radius 3 is 2.50 bits per heavy atom. The number of hydrogen-bond donors (Lipinski definition) is 1. The molecule has 0 aliphatic rings. The molecule has 0 heterocycles. The van der Waals surface area contributed by atoms with Crippen LogP contribution in [0.5, 0.6) is 0 Å². The first kappa shape index (κ1) is 10.9. The highest BCUT2D eigenvalue weighted by Gasteiger charge is 2.30. The van der Waals surface area contributed by atoms with Crippen LogP contribution in [0.2, 0.25) is 0 Å². The third-order valence-corrected chi connectivity index (χ3v) is 2.54. The summed E-state index contributed by atoms with van der Waals surface area (Å²) in [6, 6.07) is 6.25. The van der Waals surface area contributed by atoms with Crippen molar-refractivity contribution in [3.05, 3.63) is 47.8 Å². The average Bonchev–Trinajstić information content (AvgIpc) is 2.17. The number of rotatable bonds is 3. The number of aliphatic hydroxyl groups is 1. The molecule has 0 aliphatic carbocycles. The van der Waals surface area contributed by atoms with E-state index in [1.54, 1.807) is 32.0 Å². The lowest BCUT2D eigenvalue weighted by atomic mass is 9.85. The van der Waals surface area contributed by atoms with Crippen LogP contribution in [0.15, 0.2) is 36.4 Å². The van der Waals surface area contributed by atoms with E-state index >= 15 is 0 Å². The second kappa shape index (κ2) is 3.93. The zero-order valence-electron chi connectivity index (χ0n) is 8.55. The van der Waals surface area contributed by atoms with Crippen LogP contribution in [0.25, 0.3) is 0 Å². The Kier molecular flexibility index (Phi) is 3.06. The van der Waals surface area contributed by atoms with Gasteiger partial charge in [0.15, 0.2) is 0 Å². The minimum atomic E-state index is -1.24. The molecule has 0 spiro atoms. The summed E-state index contributed by atoms with van der Waals surface area (Å²) in [5.41, 5.74) is -0.383. The quantitative estimate of drug-likeness (QED) is 0.733. The fourth-order valence-corrected chi connectivity index (χ4v) is 1.52. The van der Waals surface area contributed by atoms with Crippen LogP contribution in [-0.4, -0.2) is 5.11 Å². The van der Waals surface area contributed by atoms with Gasteiger partial charge in [-0.2, -0.15) is 0 Å². The largest absolute Gasteiger partial charge is 0.381 e. The van der Waals surface area contributed by atoms with Gasteiger partial charge in [0.1, 0.15) is 11.4 Å². The summed E-state index contributed by atoms with van der Waals surface area (Å²) in [5, 5.41) is 10.2. The molecule has 1 unspecified atom stereocenters. The Morgan fingerprint density at radius 1 is 1.50 bits per heavy atom. The first-order valence-electron chi connectivity index (χ1n) is 4.65. The lowest BCUT2D eigenvalue weighted by molar-refractivity contribution is 0.0686. The van der Waals surface area contributed by atoms with Crippen molar-refractivity contribution in [3.63, 3.8) is 0 Å². The van der Waals surface area contributed by atoms with E-state index in [0.29, 0.717) is 17.6 Å². The summed E-state index contributed by atoms with van der Waals surface area (Å²) in [6.07, 6.45) is 0.420. The molecule has 0 amide bonds. The first-order valence-corrected chi connectivity index (χ1v) is 4.65. The third kappa shape index (κ3) is 1.70. The van der Waals surface area contributed by atoms with Gasteiger partial charge in [0.05, 0.1) is 0 Å². The van der Waals surface area contributed by atoms with Gasteiger partial charge in [-0.1, -0.05) is 31.7 Å². The van der Waals surface area contributed by atoms with Crippen molar-refractivity contribution >= 4 is 0 Å². The Morgan fingerprint density at radius 2 is 2.07 bits per heavy atom. The summed E-state index contributed by atoms with van der Waals surface area (Å²) in [7, 11) is 0. The van der Waals surface area contributed by atoms with E-state index < -0.39 is 5.60 Å². The van der Waals surface area contributed by atoms with Gasteiger partial charge in [-0.05, 0) is 25.0 Å². The Labute approximate surface area is 83.9 Å². The molecule has 1 nitrogen and oxygen atoms in total. The van der Waals surface area contributed by atoms with Crippen LogP contribution in [-0.2, 0) is 5.60 Å². The third-order valence-electron chi connectivity index (χ3n) is 2.54.